The number of aryl methyl sites for hydroxylation is 1. The Bertz CT molecular complexity index is 1290. The van der Waals surface area contributed by atoms with Gasteiger partial charge in [0.25, 0.3) is 5.91 Å². The zero-order chi connectivity index (χ0) is 21.3. The number of para-hydroxylation sites is 3. The number of hydrogen-bond donors (Lipinski definition) is 2. The molecule has 0 fully saturated rings. The monoisotopic (exact) mass is 402 g/mol. The van der Waals surface area contributed by atoms with Crippen LogP contribution in [0.15, 0.2) is 71.5 Å². The summed E-state index contributed by atoms with van der Waals surface area (Å²) in [5, 5.41) is 2.81. The lowest BCUT2D eigenvalue weighted by atomic mass is 10.1. The van der Waals surface area contributed by atoms with Gasteiger partial charge in [-0.3, -0.25) is 13.9 Å². The highest BCUT2D eigenvalue weighted by Gasteiger charge is 2.15. The van der Waals surface area contributed by atoms with Gasteiger partial charge in [-0.2, -0.15) is 0 Å². The fraction of sp³-hybridized carbons (Fsp3) is 0.130. The van der Waals surface area contributed by atoms with Crippen LogP contribution < -0.4 is 21.5 Å². The van der Waals surface area contributed by atoms with E-state index in [1.165, 1.54) is 0 Å². The van der Waals surface area contributed by atoms with Crippen molar-refractivity contribution >= 4 is 28.3 Å². The molecule has 3 N–H and O–H groups in total. The number of nitrogens with zero attached hydrogens (tertiary/aromatic N) is 2. The van der Waals surface area contributed by atoms with Crippen molar-refractivity contribution in [3.63, 3.8) is 0 Å². The molecule has 1 amide bonds. The number of carbonyl (C=O) groups is 1. The van der Waals surface area contributed by atoms with Crippen LogP contribution in [-0.4, -0.2) is 22.2 Å². The molecule has 0 aliphatic heterocycles. The number of hydrogen-bond acceptors (Lipinski definition) is 4. The second kappa shape index (κ2) is 7.79. The maximum atomic E-state index is 12.8. The molecule has 0 spiro atoms. The molecular formula is C23H22N4O3. The minimum atomic E-state index is -0.247. The fourth-order valence-electron chi connectivity index (χ4n) is 3.49. The van der Waals surface area contributed by atoms with Crippen molar-refractivity contribution in [2.45, 2.75) is 6.54 Å². The van der Waals surface area contributed by atoms with E-state index in [1.807, 2.05) is 42.5 Å². The number of imidazole rings is 1. The zero-order valence-electron chi connectivity index (χ0n) is 16.8. The zero-order valence-corrected chi connectivity index (χ0v) is 16.8. The largest absolute Gasteiger partial charge is 0.494 e. The lowest BCUT2D eigenvalue weighted by molar-refractivity contribution is 0.102. The Balaban J connectivity index is 1.60. The highest BCUT2D eigenvalue weighted by molar-refractivity contribution is 6.05. The Morgan fingerprint density at radius 2 is 1.77 bits per heavy atom. The molecular weight excluding hydrogens is 380 g/mol. The molecule has 7 nitrogen and oxygen atoms in total. The van der Waals surface area contributed by atoms with Crippen LogP contribution in [0.1, 0.15) is 15.9 Å². The number of nitrogens with one attached hydrogen (secondary N) is 1. The second-order valence-electron chi connectivity index (χ2n) is 6.99. The van der Waals surface area contributed by atoms with Crippen LogP contribution in [0.5, 0.6) is 5.75 Å². The number of benzene rings is 3. The molecule has 0 unspecified atom stereocenters. The number of rotatable bonds is 5. The quantitative estimate of drug-likeness (QED) is 0.502. The van der Waals surface area contributed by atoms with Gasteiger partial charge >= 0.3 is 5.69 Å². The number of aromatic nitrogens is 2. The molecule has 0 atom stereocenters. The summed E-state index contributed by atoms with van der Waals surface area (Å²) in [5.74, 6) is 0.394. The standard InChI is InChI=1S/C23H22N4O3/c1-26-19-8-5-9-20(30-2)21(19)27(23(26)29)14-15-10-12-16(13-11-15)22(28)25-18-7-4-3-6-17(18)24/h3-13H,14,24H2,1-2H3,(H,25,28). The molecule has 0 saturated carbocycles. The summed E-state index contributed by atoms with van der Waals surface area (Å²) in [6.45, 7) is 0.365. The summed E-state index contributed by atoms with van der Waals surface area (Å²) in [6.07, 6.45) is 0. The van der Waals surface area contributed by atoms with Crippen LogP contribution in [0.3, 0.4) is 0 Å². The number of nitrogen functional groups attached to an aromatic ring is 1. The average molecular weight is 402 g/mol. The van der Waals surface area contributed by atoms with Crippen LogP contribution in [0.4, 0.5) is 11.4 Å². The van der Waals surface area contributed by atoms with Gasteiger partial charge in [0, 0.05) is 12.6 Å². The number of anilines is 2. The molecule has 152 valence electrons. The highest BCUT2D eigenvalue weighted by atomic mass is 16.5. The van der Waals surface area contributed by atoms with Gasteiger partial charge < -0.3 is 15.8 Å². The minimum absolute atomic E-state index is 0.129. The molecule has 4 aromatic rings. The smallest absolute Gasteiger partial charge is 0.329 e. The topological polar surface area (TPSA) is 91.3 Å². The third-order valence-electron chi connectivity index (χ3n) is 5.11. The molecule has 3 aromatic carbocycles. The summed E-state index contributed by atoms with van der Waals surface area (Å²) >= 11 is 0. The first-order chi connectivity index (χ1) is 14.5. The molecule has 1 heterocycles. The van der Waals surface area contributed by atoms with E-state index in [4.69, 9.17) is 10.5 Å². The molecule has 1 aromatic heterocycles. The van der Waals surface area contributed by atoms with E-state index in [2.05, 4.69) is 5.32 Å². The van der Waals surface area contributed by atoms with Crippen molar-refractivity contribution in [1.29, 1.82) is 0 Å². The van der Waals surface area contributed by atoms with Crippen molar-refractivity contribution in [2.75, 3.05) is 18.2 Å². The normalized spacial score (nSPS) is 10.9. The van der Waals surface area contributed by atoms with Gasteiger partial charge in [-0.05, 0) is 42.0 Å². The molecule has 7 heteroatoms. The number of nitrogens with two attached hydrogens (primary N) is 1. The number of amides is 1. The van der Waals surface area contributed by atoms with Gasteiger partial charge in [-0.1, -0.05) is 30.3 Å². The van der Waals surface area contributed by atoms with E-state index in [1.54, 1.807) is 47.6 Å². The van der Waals surface area contributed by atoms with Crippen LogP contribution in [0.2, 0.25) is 0 Å². The first-order valence-electron chi connectivity index (χ1n) is 9.46. The van der Waals surface area contributed by atoms with Crippen LogP contribution >= 0.6 is 0 Å². The van der Waals surface area contributed by atoms with Crippen molar-refractivity contribution in [1.82, 2.24) is 9.13 Å². The van der Waals surface area contributed by atoms with Gasteiger partial charge in [0.05, 0.1) is 30.5 Å². The second-order valence-corrected chi connectivity index (χ2v) is 6.99. The van der Waals surface area contributed by atoms with Gasteiger partial charge in [-0.25, -0.2) is 4.79 Å². The summed E-state index contributed by atoms with van der Waals surface area (Å²) in [7, 11) is 3.33. The van der Waals surface area contributed by atoms with Crippen molar-refractivity contribution in [2.24, 2.45) is 7.05 Å². The van der Waals surface area contributed by atoms with Crippen molar-refractivity contribution in [3.05, 3.63) is 88.3 Å². The maximum Gasteiger partial charge on any atom is 0.329 e. The molecule has 0 aliphatic rings. The van der Waals surface area contributed by atoms with E-state index >= 15 is 0 Å². The van der Waals surface area contributed by atoms with Gasteiger partial charge in [0.15, 0.2) is 0 Å². The average Bonchev–Trinajstić information content (AvgIpc) is 3.01. The molecule has 0 saturated heterocycles. The Morgan fingerprint density at radius 1 is 1.03 bits per heavy atom. The first-order valence-corrected chi connectivity index (χ1v) is 9.46. The van der Waals surface area contributed by atoms with E-state index in [0.29, 0.717) is 29.2 Å². The third kappa shape index (κ3) is 3.41. The van der Waals surface area contributed by atoms with E-state index in [0.717, 1.165) is 16.6 Å². The van der Waals surface area contributed by atoms with Gasteiger partial charge in [-0.15, -0.1) is 0 Å². The SMILES string of the molecule is COc1cccc2c1n(Cc1ccc(C(=O)Nc3ccccc3N)cc1)c(=O)n2C. The Hall–Kier alpha value is -4.00. The van der Waals surface area contributed by atoms with Gasteiger partial charge in [0.1, 0.15) is 11.3 Å². The molecule has 0 aliphatic carbocycles. The van der Waals surface area contributed by atoms with E-state index in [-0.39, 0.29) is 11.6 Å². The van der Waals surface area contributed by atoms with Gasteiger partial charge in [0.2, 0.25) is 0 Å². The predicted molar refractivity (Wildman–Crippen MR) is 118 cm³/mol. The predicted octanol–water partition coefficient (Wildman–Crippen LogP) is 3.23. The highest BCUT2D eigenvalue weighted by Crippen LogP contribution is 2.25. The molecule has 4 rings (SSSR count). The lowest BCUT2D eigenvalue weighted by Gasteiger charge is -2.09. The summed E-state index contributed by atoms with van der Waals surface area (Å²) < 4.78 is 8.73. The summed E-state index contributed by atoms with van der Waals surface area (Å²) in [4.78, 5) is 25.3. The van der Waals surface area contributed by atoms with E-state index in [9.17, 15) is 9.59 Å². The Labute approximate surface area is 173 Å². The Kier molecular flexibility index (Phi) is 5.02. The van der Waals surface area contributed by atoms with Crippen LogP contribution in [0, 0.1) is 0 Å². The fourth-order valence-corrected chi connectivity index (χ4v) is 3.49. The summed E-state index contributed by atoms with van der Waals surface area (Å²) in [5.41, 5.74) is 9.78. The third-order valence-corrected chi connectivity index (χ3v) is 5.11. The number of ether oxygens (including phenoxy) is 1. The van der Waals surface area contributed by atoms with Crippen molar-refractivity contribution in [3.8, 4) is 5.75 Å². The number of fused-ring (bicyclic) bond motifs is 1. The van der Waals surface area contributed by atoms with E-state index < -0.39 is 0 Å². The minimum Gasteiger partial charge on any atom is -0.494 e. The molecule has 0 radical (unpaired) electrons. The van der Waals surface area contributed by atoms with Crippen molar-refractivity contribution < 1.29 is 9.53 Å². The summed E-state index contributed by atoms with van der Waals surface area (Å²) in [6, 6.07) is 19.8. The molecule has 30 heavy (non-hydrogen) atoms. The maximum absolute atomic E-state index is 12.8. The number of methoxy groups -OCH3 is 1. The first kappa shape index (κ1) is 19.3. The van der Waals surface area contributed by atoms with Crippen LogP contribution in [-0.2, 0) is 13.6 Å². The van der Waals surface area contributed by atoms with Crippen LogP contribution in [0.25, 0.3) is 11.0 Å². The number of carbonyl (C=O) groups excluding carboxylic acids is 1. The Morgan fingerprint density at radius 3 is 2.47 bits per heavy atom. The molecule has 0 bridgehead atoms. The lowest BCUT2D eigenvalue weighted by Crippen LogP contribution is -2.22.